The third-order valence-corrected chi connectivity index (χ3v) is 7.96. The highest BCUT2D eigenvalue weighted by molar-refractivity contribution is 6.09. The van der Waals surface area contributed by atoms with E-state index in [1.165, 1.54) is 5.69 Å². The molecule has 5 heteroatoms. The molecule has 1 saturated carbocycles. The lowest BCUT2D eigenvalue weighted by molar-refractivity contribution is -0.132. The predicted molar refractivity (Wildman–Crippen MR) is 132 cm³/mol. The molecule has 174 valence electrons. The van der Waals surface area contributed by atoms with E-state index in [0.29, 0.717) is 23.8 Å². The van der Waals surface area contributed by atoms with E-state index in [1.54, 1.807) is 0 Å². The van der Waals surface area contributed by atoms with Crippen molar-refractivity contribution in [3.63, 3.8) is 0 Å². The van der Waals surface area contributed by atoms with E-state index in [2.05, 4.69) is 74.4 Å². The summed E-state index contributed by atoms with van der Waals surface area (Å²) in [5.74, 6) is 2.58. The number of benzene rings is 1. The summed E-state index contributed by atoms with van der Waals surface area (Å²) < 4.78 is 0. The summed E-state index contributed by atoms with van der Waals surface area (Å²) in [7, 11) is 0. The average Bonchev–Trinajstić information content (AvgIpc) is 3.03. The Morgan fingerprint density at radius 1 is 1.06 bits per heavy atom. The van der Waals surface area contributed by atoms with E-state index in [-0.39, 0.29) is 16.5 Å². The molecule has 1 amide bonds. The number of anilines is 2. The summed E-state index contributed by atoms with van der Waals surface area (Å²) in [4.78, 5) is 20.4. The predicted octanol–water partition coefficient (Wildman–Crippen LogP) is 5.69. The molecule has 3 fully saturated rings. The molecule has 0 aromatic heterocycles. The van der Waals surface area contributed by atoms with Gasteiger partial charge in [0.2, 0.25) is 5.91 Å². The van der Waals surface area contributed by atoms with Crippen molar-refractivity contribution in [2.45, 2.75) is 96.7 Å². The highest BCUT2D eigenvalue weighted by Gasteiger charge is 2.55. The molecule has 3 heterocycles. The number of amides is 1. The van der Waals surface area contributed by atoms with Crippen LogP contribution in [-0.4, -0.2) is 40.3 Å². The number of fused-ring (bicyclic) bond motifs is 1. The summed E-state index contributed by atoms with van der Waals surface area (Å²) in [6.45, 7) is 12.4. The average molecular weight is 437 g/mol. The maximum absolute atomic E-state index is 12.7. The van der Waals surface area contributed by atoms with Crippen molar-refractivity contribution in [3.05, 3.63) is 24.3 Å². The Morgan fingerprint density at radius 3 is 2.47 bits per heavy atom. The standard InChI is InChI=1S/C27H40N4O/c1-25(2,3)17-26(4,5)30-24-27(29-21-11-7-6-10-20(21)28-24)15-18-9-8-12-22(32)31-14-13-19(16-27)23(18)31/h6-7,10-11,18-19,23,29H,8-9,12-17H2,1-5H3,(H,28,30)/t18-,19+,23-,27+/m1/s1. The lowest BCUT2D eigenvalue weighted by atomic mass is 9.65. The largest absolute Gasteiger partial charge is 0.371 e. The van der Waals surface area contributed by atoms with Gasteiger partial charge in [-0.25, -0.2) is 0 Å². The minimum absolute atomic E-state index is 0.153. The van der Waals surface area contributed by atoms with Gasteiger partial charge < -0.3 is 15.5 Å². The number of nitrogens with zero attached hydrogens (tertiary/aromatic N) is 2. The van der Waals surface area contributed by atoms with Crippen molar-refractivity contribution < 1.29 is 4.79 Å². The molecule has 0 radical (unpaired) electrons. The second-order valence-corrected chi connectivity index (χ2v) is 12.6. The fourth-order valence-corrected chi connectivity index (χ4v) is 7.40. The van der Waals surface area contributed by atoms with Crippen LogP contribution in [0.4, 0.5) is 11.4 Å². The van der Waals surface area contributed by atoms with Gasteiger partial charge in [0.15, 0.2) is 0 Å². The van der Waals surface area contributed by atoms with Gasteiger partial charge in [0.05, 0.1) is 22.5 Å². The van der Waals surface area contributed by atoms with E-state index in [0.717, 1.165) is 63.0 Å². The van der Waals surface area contributed by atoms with Gasteiger partial charge in [-0.15, -0.1) is 0 Å². The van der Waals surface area contributed by atoms with Gasteiger partial charge in [0.25, 0.3) is 0 Å². The third-order valence-electron chi connectivity index (χ3n) is 7.96. The number of carbonyl (C=O) groups excluding carboxylic acids is 1. The van der Waals surface area contributed by atoms with Crippen molar-refractivity contribution in [2.75, 3.05) is 17.2 Å². The van der Waals surface area contributed by atoms with E-state index in [9.17, 15) is 4.79 Å². The van der Waals surface area contributed by atoms with Crippen LogP contribution in [0.5, 0.6) is 0 Å². The zero-order valence-corrected chi connectivity index (χ0v) is 20.5. The lowest BCUT2D eigenvalue weighted by Gasteiger charge is -2.51. The first-order valence-electron chi connectivity index (χ1n) is 12.6. The monoisotopic (exact) mass is 436 g/mol. The summed E-state index contributed by atoms with van der Waals surface area (Å²) in [5, 5.41) is 7.78. The Balaban J connectivity index is 1.55. The van der Waals surface area contributed by atoms with Crippen LogP contribution >= 0.6 is 0 Å². The highest BCUT2D eigenvalue weighted by atomic mass is 16.2. The fourth-order valence-electron chi connectivity index (χ4n) is 7.40. The Hall–Kier alpha value is -2.04. The summed E-state index contributed by atoms with van der Waals surface area (Å²) in [5.41, 5.74) is 2.18. The van der Waals surface area contributed by atoms with Crippen molar-refractivity contribution in [2.24, 2.45) is 22.2 Å². The first-order valence-corrected chi connectivity index (χ1v) is 12.6. The maximum atomic E-state index is 12.7. The van der Waals surface area contributed by atoms with Gasteiger partial charge in [-0.2, -0.15) is 0 Å². The Morgan fingerprint density at radius 2 is 1.75 bits per heavy atom. The van der Waals surface area contributed by atoms with Gasteiger partial charge in [0.1, 0.15) is 5.84 Å². The first-order chi connectivity index (χ1) is 15.1. The number of aliphatic imine (C=N–C) groups is 1. The number of hydrogen-bond acceptors (Lipinski definition) is 3. The minimum Gasteiger partial charge on any atom is -0.371 e. The van der Waals surface area contributed by atoms with Crippen LogP contribution in [0.2, 0.25) is 0 Å². The van der Waals surface area contributed by atoms with Crippen LogP contribution in [0.1, 0.15) is 79.6 Å². The molecule has 1 aromatic carbocycles. The zero-order chi connectivity index (χ0) is 22.7. The molecule has 5 nitrogen and oxygen atoms in total. The molecule has 32 heavy (non-hydrogen) atoms. The van der Waals surface area contributed by atoms with Gasteiger partial charge >= 0.3 is 0 Å². The smallest absolute Gasteiger partial charge is 0.222 e. The molecule has 5 rings (SSSR count). The quantitative estimate of drug-likeness (QED) is 0.626. The van der Waals surface area contributed by atoms with E-state index >= 15 is 0 Å². The molecule has 1 spiro atoms. The zero-order valence-electron chi connectivity index (χ0n) is 20.5. The summed E-state index contributed by atoms with van der Waals surface area (Å²) >= 11 is 0. The number of carbonyl (C=O) groups is 1. The number of amidine groups is 1. The summed E-state index contributed by atoms with van der Waals surface area (Å²) in [6, 6.07) is 8.96. The molecule has 1 aliphatic carbocycles. The number of para-hydroxylation sites is 2. The first kappa shape index (κ1) is 21.8. The Labute approximate surface area is 193 Å². The molecule has 0 unspecified atom stereocenters. The van der Waals surface area contributed by atoms with Crippen LogP contribution in [0.3, 0.4) is 0 Å². The normalized spacial score (nSPS) is 33.4. The van der Waals surface area contributed by atoms with Gasteiger partial charge in [-0.05, 0) is 81.8 Å². The molecule has 3 aliphatic heterocycles. The molecule has 4 aliphatic rings. The number of nitrogens with one attached hydrogen (secondary N) is 2. The molecular weight excluding hydrogens is 396 g/mol. The molecule has 0 bridgehead atoms. The molecular formula is C27H40N4O. The summed E-state index contributed by atoms with van der Waals surface area (Å²) in [6.07, 6.45) is 7.13. The SMILES string of the molecule is CC(C)(C)CC(C)(C)N=C1Nc2ccccc2N[C@]12C[C@H]1CCCC(=O)N3CC[C@@H](C2)[C@@H]13. The van der Waals surface area contributed by atoms with Crippen molar-refractivity contribution in [1.29, 1.82) is 0 Å². The molecule has 2 N–H and O–H groups in total. The van der Waals surface area contributed by atoms with E-state index < -0.39 is 0 Å². The van der Waals surface area contributed by atoms with Crippen LogP contribution in [0.25, 0.3) is 0 Å². The second-order valence-electron chi connectivity index (χ2n) is 12.6. The third kappa shape index (κ3) is 3.92. The number of rotatable bonds is 2. The van der Waals surface area contributed by atoms with E-state index in [1.807, 2.05) is 0 Å². The van der Waals surface area contributed by atoms with Crippen LogP contribution in [-0.2, 0) is 4.79 Å². The lowest BCUT2D eigenvalue weighted by Crippen LogP contribution is -2.61. The number of hydrogen-bond donors (Lipinski definition) is 2. The van der Waals surface area contributed by atoms with Gasteiger partial charge in [-0.1, -0.05) is 32.9 Å². The second kappa shape index (κ2) is 7.50. The topological polar surface area (TPSA) is 56.7 Å². The van der Waals surface area contributed by atoms with E-state index in [4.69, 9.17) is 4.99 Å². The highest BCUT2D eigenvalue weighted by Crippen LogP contribution is 2.51. The molecule has 1 aromatic rings. The van der Waals surface area contributed by atoms with Crippen LogP contribution < -0.4 is 10.6 Å². The van der Waals surface area contributed by atoms with Crippen LogP contribution in [0, 0.1) is 17.3 Å². The Bertz CT molecular complexity index is 930. The fraction of sp³-hybridized carbons (Fsp3) is 0.704. The Kier molecular flexibility index (Phi) is 5.10. The van der Waals surface area contributed by atoms with Gasteiger partial charge in [-0.3, -0.25) is 9.79 Å². The molecule has 4 atom stereocenters. The van der Waals surface area contributed by atoms with Crippen LogP contribution in [0.15, 0.2) is 29.3 Å². The van der Waals surface area contributed by atoms with Gasteiger partial charge in [0, 0.05) is 19.0 Å². The molecule has 2 saturated heterocycles. The van der Waals surface area contributed by atoms with Crippen molar-refractivity contribution in [3.8, 4) is 0 Å². The minimum atomic E-state index is -0.182. The maximum Gasteiger partial charge on any atom is 0.222 e. The van der Waals surface area contributed by atoms with Crippen molar-refractivity contribution in [1.82, 2.24) is 4.90 Å². The van der Waals surface area contributed by atoms with Crippen molar-refractivity contribution >= 4 is 23.1 Å².